The van der Waals surface area contributed by atoms with Gasteiger partial charge in [0.2, 0.25) is 0 Å². The van der Waals surface area contributed by atoms with E-state index in [1.807, 2.05) is 6.07 Å². The van der Waals surface area contributed by atoms with Crippen molar-refractivity contribution in [1.82, 2.24) is 9.47 Å². The Morgan fingerprint density at radius 2 is 1.84 bits per heavy atom. The summed E-state index contributed by atoms with van der Waals surface area (Å²) in [6.07, 6.45) is -1.40. The SMILES string of the molecule is COc1ccc(S(C)(=O)=O)cc1NCC#Cc1cc2c(NC3CCN(C)CC3)cccc2n1CC(F)(F)F. The zero-order chi connectivity index (χ0) is 27.5. The summed E-state index contributed by atoms with van der Waals surface area (Å²) in [6.45, 7) is 0.836. The highest BCUT2D eigenvalue weighted by molar-refractivity contribution is 7.90. The molecule has 11 heteroatoms. The Hall–Kier alpha value is -3.36. The summed E-state index contributed by atoms with van der Waals surface area (Å²) < 4.78 is 70.8. The van der Waals surface area contributed by atoms with Crippen molar-refractivity contribution in [2.45, 2.75) is 36.5 Å². The lowest BCUT2D eigenvalue weighted by Gasteiger charge is -2.30. The van der Waals surface area contributed by atoms with Gasteiger partial charge in [-0.1, -0.05) is 12.0 Å². The van der Waals surface area contributed by atoms with Crippen LogP contribution in [0, 0.1) is 11.8 Å². The van der Waals surface area contributed by atoms with E-state index in [-0.39, 0.29) is 23.2 Å². The molecule has 0 spiro atoms. The molecule has 2 heterocycles. The normalized spacial score (nSPS) is 15.2. The first-order valence-electron chi connectivity index (χ1n) is 12.2. The maximum Gasteiger partial charge on any atom is 0.406 e. The van der Waals surface area contributed by atoms with Crippen LogP contribution in [-0.2, 0) is 16.4 Å². The highest BCUT2D eigenvalue weighted by Gasteiger charge is 2.30. The van der Waals surface area contributed by atoms with Crippen LogP contribution < -0.4 is 15.4 Å². The number of hydrogen-bond donors (Lipinski definition) is 2. The average Bonchev–Trinajstić information content (AvgIpc) is 3.19. The highest BCUT2D eigenvalue weighted by Crippen LogP contribution is 2.31. The summed E-state index contributed by atoms with van der Waals surface area (Å²) in [5.41, 5.74) is 1.92. The molecule has 0 amide bonds. The third-order valence-corrected chi connectivity index (χ3v) is 7.65. The largest absolute Gasteiger partial charge is 0.495 e. The maximum atomic E-state index is 13.5. The molecule has 204 valence electrons. The fourth-order valence-electron chi connectivity index (χ4n) is 4.57. The minimum Gasteiger partial charge on any atom is -0.495 e. The zero-order valence-electron chi connectivity index (χ0n) is 21.5. The number of halogens is 3. The van der Waals surface area contributed by atoms with Crippen molar-refractivity contribution >= 4 is 32.1 Å². The summed E-state index contributed by atoms with van der Waals surface area (Å²) in [5, 5.41) is 7.22. The Kier molecular flexibility index (Phi) is 8.13. The molecule has 1 fully saturated rings. The number of rotatable bonds is 7. The van der Waals surface area contributed by atoms with Gasteiger partial charge in [-0.05, 0) is 75.3 Å². The van der Waals surface area contributed by atoms with Gasteiger partial charge in [0.05, 0.1) is 35.4 Å². The van der Waals surface area contributed by atoms with E-state index in [0.29, 0.717) is 22.3 Å². The Labute approximate surface area is 220 Å². The van der Waals surface area contributed by atoms with E-state index < -0.39 is 22.6 Å². The summed E-state index contributed by atoms with van der Waals surface area (Å²) in [4.78, 5) is 2.37. The Balaban J connectivity index is 1.61. The molecule has 0 atom stereocenters. The lowest BCUT2D eigenvalue weighted by atomic mass is 10.0. The highest BCUT2D eigenvalue weighted by atomic mass is 32.2. The van der Waals surface area contributed by atoms with Gasteiger partial charge in [0.25, 0.3) is 0 Å². The van der Waals surface area contributed by atoms with Gasteiger partial charge in [-0.2, -0.15) is 13.2 Å². The van der Waals surface area contributed by atoms with Crippen molar-refractivity contribution in [2.24, 2.45) is 0 Å². The first kappa shape index (κ1) is 27.7. The number of nitrogens with zero attached hydrogens (tertiary/aromatic N) is 2. The Morgan fingerprint density at radius 1 is 1.11 bits per heavy atom. The fraction of sp³-hybridized carbons (Fsp3) is 0.407. The number of ether oxygens (including phenoxy) is 1. The number of likely N-dealkylation sites (tertiary alicyclic amines) is 1. The van der Waals surface area contributed by atoms with E-state index in [1.54, 1.807) is 18.2 Å². The first-order chi connectivity index (χ1) is 17.9. The smallest absolute Gasteiger partial charge is 0.406 e. The minimum absolute atomic E-state index is 0.0673. The number of benzene rings is 2. The summed E-state index contributed by atoms with van der Waals surface area (Å²) in [5.74, 6) is 6.17. The van der Waals surface area contributed by atoms with Gasteiger partial charge < -0.3 is 24.8 Å². The van der Waals surface area contributed by atoms with E-state index >= 15 is 0 Å². The first-order valence-corrected chi connectivity index (χ1v) is 14.1. The lowest BCUT2D eigenvalue weighted by molar-refractivity contribution is -0.140. The molecule has 38 heavy (non-hydrogen) atoms. The van der Waals surface area contributed by atoms with Crippen LogP contribution in [0.4, 0.5) is 24.5 Å². The van der Waals surface area contributed by atoms with E-state index in [0.717, 1.165) is 37.9 Å². The van der Waals surface area contributed by atoms with Crippen LogP contribution in [0.3, 0.4) is 0 Å². The van der Waals surface area contributed by atoms with Crippen LogP contribution in [0.1, 0.15) is 18.5 Å². The second kappa shape index (κ2) is 11.2. The molecule has 0 aliphatic carbocycles. The van der Waals surface area contributed by atoms with Gasteiger partial charge in [0.1, 0.15) is 12.3 Å². The molecule has 1 aromatic heterocycles. The van der Waals surface area contributed by atoms with Crippen LogP contribution in [0.15, 0.2) is 47.4 Å². The predicted molar refractivity (Wildman–Crippen MR) is 144 cm³/mol. The third kappa shape index (κ3) is 6.74. The molecule has 2 aromatic carbocycles. The molecule has 3 aromatic rings. The molecule has 7 nitrogen and oxygen atoms in total. The van der Waals surface area contributed by atoms with Gasteiger partial charge in [-0.25, -0.2) is 8.42 Å². The predicted octanol–water partition coefficient (Wildman–Crippen LogP) is 4.59. The van der Waals surface area contributed by atoms with E-state index in [9.17, 15) is 21.6 Å². The number of alkyl halides is 3. The molecule has 1 aliphatic rings. The summed E-state index contributed by atoms with van der Waals surface area (Å²) >= 11 is 0. The van der Waals surface area contributed by atoms with Gasteiger partial charge in [0.15, 0.2) is 9.84 Å². The molecule has 4 rings (SSSR count). The molecule has 2 N–H and O–H groups in total. The molecule has 0 radical (unpaired) electrons. The number of anilines is 2. The van der Waals surface area contributed by atoms with Crippen LogP contribution in [-0.4, -0.2) is 70.2 Å². The van der Waals surface area contributed by atoms with Crippen molar-refractivity contribution in [1.29, 1.82) is 0 Å². The average molecular weight is 549 g/mol. The van der Waals surface area contributed by atoms with Crippen molar-refractivity contribution in [3.63, 3.8) is 0 Å². The van der Waals surface area contributed by atoms with Gasteiger partial charge in [-0.15, -0.1) is 0 Å². The molecular weight excluding hydrogens is 517 g/mol. The van der Waals surface area contributed by atoms with E-state index in [1.165, 1.54) is 29.9 Å². The number of fused-ring (bicyclic) bond motifs is 1. The summed E-state index contributed by atoms with van der Waals surface area (Å²) in [6, 6.07) is 11.7. The number of sulfone groups is 1. The second-order valence-electron chi connectivity index (χ2n) is 9.48. The molecular formula is C27H31F3N4O3S. The monoisotopic (exact) mass is 548 g/mol. The number of piperidine rings is 1. The Bertz CT molecular complexity index is 1460. The number of nitrogens with one attached hydrogen (secondary N) is 2. The van der Waals surface area contributed by atoms with Crippen LogP contribution in [0.5, 0.6) is 5.75 Å². The molecule has 0 unspecified atom stereocenters. The molecule has 1 aliphatic heterocycles. The minimum atomic E-state index is -4.42. The van der Waals surface area contributed by atoms with Crippen molar-refractivity contribution in [2.75, 3.05) is 50.7 Å². The van der Waals surface area contributed by atoms with Crippen LogP contribution in [0.25, 0.3) is 10.9 Å². The molecule has 1 saturated heterocycles. The van der Waals surface area contributed by atoms with E-state index in [2.05, 4.69) is 34.4 Å². The van der Waals surface area contributed by atoms with Crippen LogP contribution >= 0.6 is 0 Å². The van der Waals surface area contributed by atoms with Gasteiger partial charge in [0, 0.05) is 23.4 Å². The lowest BCUT2D eigenvalue weighted by Crippen LogP contribution is -2.36. The van der Waals surface area contributed by atoms with Gasteiger partial charge in [-0.3, -0.25) is 0 Å². The maximum absolute atomic E-state index is 13.5. The summed E-state index contributed by atoms with van der Waals surface area (Å²) in [7, 11) is 0.104. The number of hydrogen-bond acceptors (Lipinski definition) is 6. The van der Waals surface area contributed by atoms with Gasteiger partial charge >= 0.3 is 6.18 Å². The number of aromatic nitrogens is 1. The standard InChI is InChI=1S/C27H31F3N4O3S/c1-33-14-11-19(12-15-33)32-23-7-4-8-25-22(23)16-20(34(25)18-27(28,29)30)6-5-13-31-24-17-21(38(3,35)36)9-10-26(24)37-2/h4,7-10,16-17,19,31-32H,11-15,18H2,1-3H3. The third-order valence-electron chi connectivity index (χ3n) is 6.54. The van der Waals surface area contributed by atoms with E-state index in [4.69, 9.17) is 4.74 Å². The van der Waals surface area contributed by atoms with Crippen LogP contribution in [0.2, 0.25) is 0 Å². The number of methoxy groups -OCH3 is 1. The quantitative estimate of drug-likeness (QED) is 0.421. The van der Waals surface area contributed by atoms with Crippen molar-refractivity contribution in [3.05, 3.63) is 48.2 Å². The molecule has 0 saturated carbocycles. The topological polar surface area (TPSA) is 75.6 Å². The van der Waals surface area contributed by atoms with Crippen molar-refractivity contribution in [3.8, 4) is 17.6 Å². The zero-order valence-corrected chi connectivity index (χ0v) is 22.3. The van der Waals surface area contributed by atoms with Crippen molar-refractivity contribution < 1.29 is 26.3 Å². The molecule has 0 bridgehead atoms. The fourth-order valence-corrected chi connectivity index (χ4v) is 5.21. The second-order valence-corrected chi connectivity index (χ2v) is 11.5. The Morgan fingerprint density at radius 3 is 2.50 bits per heavy atom.